The van der Waals surface area contributed by atoms with E-state index in [4.69, 9.17) is 0 Å². The average Bonchev–Trinajstić information content (AvgIpc) is 2.27. The van der Waals surface area contributed by atoms with Crippen molar-refractivity contribution < 1.29 is 9.18 Å². The van der Waals surface area contributed by atoms with Crippen molar-refractivity contribution in [2.24, 2.45) is 5.92 Å². The first kappa shape index (κ1) is 15.2. The molecular formula is C13H18FIN2O. The van der Waals surface area contributed by atoms with Crippen LogP contribution < -0.4 is 10.6 Å². The molecule has 0 aliphatic rings. The van der Waals surface area contributed by atoms with Gasteiger partial charge < -0.3 is 10.6 Å². The Morgan fingerprint density at radius 1 is 1.39 bits per heavy atom. The van der Waals surface area contributed by atoms with E-state index in [0.29, 0.717) is 5.92 Å². The molecular weight excluding hydrogens is 346 g/mol. The molecule has 0 aliphatic heterocycles. The highest BCUT2D eigenvalue weighted by atomic mass is 127. The molecule has 0 saturated heterocycles. The van der Waals surface area contributed by atoms with Gasteiger partial charge in [-0.3, -0.25) is 4.79 Å². The smallest absolute Gasteiger partial charge is 0.239 e. The van der Waals surface area contributed by atoms with Crippen LogP contribution in [-0.2, 0) is 4.79 Å². The van der Waals surface area contributed by atoms with Crippen molar-refractivity contribution in [1.82, 2.24) is 5.32 Å². The number of rotatable bonds is 5. The van der Waals surface area contributed by atoms with Crippen molar-refractivity contribution in [2.45, 2.75) is 26.8 Å². The van der Waals surface area contributed by atoms with Crippen LogP contribution in [0, 0.1) is 15.3 Å². The van der Waals surface area contributed by atoms with E-state index in [1.165, 1.54) is 12.1 Å². The maximum Gasteiger partial charge on any atom is 0.239 e. The Labute approximate surface area is 121 Å². The maximum absolute atomic E-state index is 12.9. The van der Waals surface area contributed by atoms with E-state index < -0.39 is 0 Å². The molecule has 0 aromatic heterocycles. The molecule has 5 heteroatoms. The van der Waals surface area contributed by atoms with Crippen molar-refractivity contribution in [2.75, 3.05) is 11.9 Å². The van der Waals surface area contributed by atoms with E-state index >= 15 is 0 Å². The summed E-state index contributed by atoms with van der Waals surface area (Å²) in [5.74, 6) is 0.0686. The molecule has 0 spiro atoms. The molecule has 0 saturated carbocycles. The first-order valence-corrected chi connectivity index (χ1v) is 6.96. The van der Waals surface area contributed by atoms with Gasteiger partial charge in [0.15, 0.2) is 0 Å². The number of benzene rings is 1. The number of carbonyl (C=O) groups is 1. The Morgan fingerprint density at radius 2 is 2.06 bits per heavy atom. The molecule has 1 aromatic carbocycles. The standard InChI is InChI=1S/C13H18FIN2O/c1-8(2)9(3)17-13(18)7-16-12-5-4-10(14)6-11(12)15/h4-6,8-9,16H,7H2,1-3H3,(H,17,18). The third-order valence-corrected chi connectivity index (χ3v) is 3.65. The molecule has 0 radical (unpaired) electrons. The van der Waals surface area contributed by atoms with Crippen molar-refractivity contribution in [3.63, 3.8) is 0 Å². The Morgan fingerprint density at radius 3 is 2.61 bits per heavy atom. The lowest BCUT2D eigenvalue weighted by atomic mass is 10.1. The second-order valence-corrected chi connectivity index (χ2v) is 5.74. The van der Waals surface area contributed by atoms with E-state index in [9.17, 15) is 9.18 Å². The summed E-state index contributed by atoms with van der Waals surface area (Å²) >= 11 is 2.03. The highest BCUT2D eigenvalue weighted by Crippen LogP contribution is 2.18. The first-order chi connectivity index (χ1) is 8.40. The SMILES string of the molecule is CC(C)C(C)NC(=O)CNc1ccc(F)cc1I. The Hall–Kier alpha value is -0.850. The van der Waals surface area contributed by atoms with Gasteiger partial charge in [-0.25, -0.2) is 4.39 Å². The van der Waals surface area contributed by atoms with Gasteiger partial charge in [0, 0.05) is 15.3 Å². The zero-order valence-corrected chi connectivity index (χ0v) is 12.9. The molecule has 1 rings (SSSR count). The van der Waals surface area contributed by atoms with Gasteiger partial charge in [-0.2, -0.15) is 0 Å². The van der Waals surface area contributed by atoms with Gasteiger partial charge in [-0.05, 0) is 53.6 Å². The first-order valence-electron chi connectivity index (χ1n) is 5.88. The van der Waals surface area contributed by atoms with Crippen LogP contribution >= 0.6 is 22.6 Å². The second-order valence-electron chi connectivity index (χ2n) is 4.58. The molecule has 0 heterocycles. The minimum atomic E-state index is -0.275. The number of hydrogen-bond donors (Lipinski definition) is 2. The molecule has 0 fully saturated rings. The summed E-state index contributed by atoms with van der Waals surface area (Å²) in [5, 5.41) is 5.90. The molecule has 100 valence electrons. The van der Waals surface area contributed by atoms with Crippen molar-refractivity contribution in [1.29, 1.82) is 0 Å². The quantitative estimate of drug-likeness (QED) is 0.789. The summed E-state index contributed by atoms with van der Waals surface area (Å²) in [4.78, 5) is 11.7. The largest absolute Gasteiger partial charge is 0.375 e. The number of anilines is 1. The minimum absolute atomic E-state index is 0.0590. The number of hydrogen-bond acceptors (Lipinski definition) is 2. The van der Waals surface area contributed by atoms with Gasteiger partial charge in [-0.1, -0.05) is 13.8 Å². The lowest BCUT2D eigenvalue weighted by molar-refractivity contribution is -0.120. The van der Waals surface area contributed by atoms with Crippen molar-refractivity contribution >= 4 is 34.2 Å². The van der Waals surface area contributed by atoms with Crippen LogP contribution in [0.1, 0.15) is 20.8 Å². The monoisotopic (exact) mass is 364 g/mol. The van der Waals surface area contributed by atoms with Crippen LogP contribution in [0.2, 0.25) is 0 Å². The topological polar surface area (TPSA) is 41.1 Å². The third-order valence-electron chi connectivity index (χ3n) is 2.76. The molecule has 2 N–H and O–H groups in total. The van der Waals surface area contributed by atoms with Crippen LogP contribution in [0.15, 0.2) is 18.2 Å². The van der Waals surface area contributed by atoms with Crippen LogP contribution in [0.3, 0.4) is 0 Å². The van der Waals surface area contributed by atoms with E-state index in [2.05, 4.69) is 24.5 Å². The van der Waals surface area contributed by atoms with E-state index in [1.54, 1.807) is 6.07 Å². The normalized spacial score (nSPS) is 12.3. The van der Waals surface area contributed by atoms with Crippen LogP contribution in [-0.4, -0.2) is 18.5 Å². The molecule has 1 unspecified atom stereocenters. The molecule has 0 aliphatic carbocycles. The maximum atomic E-state index is 12.9. The Bertz CT molecular complexity index is 423. The zero-order chi connectivity index (χ0) is 13.7. The van der Waals surface area contributed by atoms with E-state index in [1.807, 2.05) is 29.5 Å². The second kappa shape index (κ2) is 6.92. The molecule has 3 nitrogen and oxygen atoms in total. The summed E-state index contributed by atoms with van der Waals surface area (Å²) in [6.45, 7) is 6.28. The number of halogens is 2. The summed E-state index contributed by atoms with van der Waals surface area (Å²) in [5.41, 5.74) is 0.768. The molecule has 18 heavy (non-hydrogen) atoms. The van der Waals surface area contributed by atoms with Crippen LogP contribution in [0.4, 0.5) is 10.1 Å². The van der Waals surface area contributed by atoms with Gasteiger partial charge >= 0.3 is 0 Å². The summed E-state index contributed by atoms with van der Waals surface area (Å²) in [7, 11) is 0. The Kier molecular flexibility index (Phi) is 5.84. The highest BCUT2D eigenvalue weighted by Gasteiger charge is 2.10. The lowest BCUT2D eigenvalue weighted by Crippen LogP contribution is -2.39. The minimum Gasteiger partial charge on any atom is -0.375 e. The van der Waals surface area contributed by atoms with Crippen LogP contribution in [0.25, 0.3) is 0 Å². The summed E-state index contributed by atoms with van der Waals surface area (Å²) in [6.07, 6.45) is 0. The van der Waals surface area contributed by atoms with Crippen LogP contribution in [0.5, 0.6) is 0 Å². The van der Waals surface area contributed by atoms with E-state index in [-0.39, 0.29) is 24.3 Å². The highest BCUT2D eigenvalue weighted by molar-refractivity contribution is 14.1. The predicted molar refractivity (Wildman–Crippen MR) is 80.0 cm³/mol. The van der Waals surface area contributed by atoms with E-state index in [0.717, 1.165) is 9.26 Å². The molecule has 1 aromatic rings. The summed E-state index contributed by atoms with van der Waals surface area (Å²) < 4.78 is 13.7. The fourth-order valence-electron chi connectivity index (χ4n) is 1.28. The average molecular weight is 364 g/mol. The fourth-order valence-corrected chi connectivity index (χ4v) is 1.95. The third kappa shape index (κ3) is 4.80. The number of nitrogens with one attached hydrogen (secondary N) is 2. The lowest BCUT2D eigenvalue weighted by Gasteiger charge is -2.18. The van der Waals surface area contributed by atoms with Crippen molar-refractivity contribution in [3.8, 4) is 0 Å². The van der Waals surface area contributed by atoms with Gasteiger partial charge in [0.1, 0.15) is 5.82 Å². The number of amides is 1. The molecule has 0 bridgehead atoms. The van der Waals surface area contributed by atoms with Gasteiger partial charge in [-0.15, -0.1) is 0 Å². The summed E-state index contributed by atoms with van der Waals surface area (Å²) in [6, 6.07) is 4.58. The predicted octanol–water partition coefficient (Wildman–Crippen LogP) is 3.00. The Balaban J connectivity index is 2.47. The molecule has 1 atom stereocenters. The van der Waals surface area contributed by atoms with Crippen molar-refractivity contribution in [3.05, 3.63) is 27.6 Å². The zero-order valence-electron chi connectivity index (χ0n) is 10.8. The fraction of sp³-hybridized carbons (Fsp3) is 0.462. The molecule has 1 amide bonds. The van der Waals surface area contributed by atoms with Gasteiger partial charge in [0.25, 0.3) is 0 Å². The van der Waals surface area contributed by atoms with Gasteiger partial charge in [0.2, 0.25) is 5.91 Å². The van der Waals surface area contributed by atoms with Gasteiger partial charge in [0.05, 0.1) is 6.54 Å². The number of carbonyl (C=O) groups excluding carboxylic acids is 1.